The Morgan fingerprint density at radius 3 is 2.60 bits per heavy atom. The van der Waals surface area contributed by atoms with Gasteiger partial charge in [-0.25, -0.2) is 0 Å². The maximum absolute atomic E-state index is 6.02. The Bertz CT molecular complexity index is 740. The number of hydrogen-bond acceptors (Lipinski definition) is 3. The Morgan fingerprint density at radius 2 is 1.85 bits per heavy atom. The number of halogens is 1. The summed E-state index contributed by atoms with van der Waals surface area (Å²) >= 11 is 6.02. The monoisotopic (exact) mass is 288 g/mol. The predicted molar refractivity (Wildman–Crippen MR) is 77.8 cm³/mol. The molecule has 5 heteroatoms. The summed E-state index contributed by atoms with van der Waals surface area (Å²) in [5.74, 6) is 2.08. The van der Waals surface area contributed by atoms with Gasteiger partial charge in [-0.3, -0.25) is 4.40 Å². The van der Waals surface area contributed by atoms with E-state index in [0.29, 0.717) is 23.3 Å². The maximum Gasteiger partial charge on any atom is 0.242 e. The van der Waals surface area contributed by atoms with Crippen molar-refractivity contribution in [3.63, 3.8) is 0 Å². The van der Waals surface area contributed by atoms with E-state index < -0.39 is 0 Å². The third-order valence-electron chi connectivity index (χ3n) is 2.99. The van der Waals surface area contributed by atoms with Crippen LogP contribution >= 0.6 is 11.6 Å². The minimum Gasteiger partial charge on any atom is -0.493 e. The number of nitrogens with zero attached hydrogens (tertiary/aromatic N) is 2. The fourth-order valence-corrected chi connectivity index (χ4v) is 2.28. The fraction of sp³-hybridized carbons (Fsp3) is 0.133. The highest BCUT2D eigenvalue weighted by atomic mass is 35.5. The second kappa shape index (κ2) is 5.43. The van der Waals surface area contributed by atoms with Crippen molar-refractivity contribution in [3.05, 3.63) is 54.4 Å². The van der Waals surface area contributed by atoms with Crippen LogP contribution in [0.3, 0.4) is 0 Å². The Kier molecular flexibility index (Phi) is 3.48. The summed E-state index contributed by atoms with van der Waals surface area (Å²) in [7, 11) is 1.61. The molecule has 102 valence electrons. The number of para-hydroxylation sites is 2. The molecule has 0 aliphatic carbocycles. The lowest BCUT2D eigenvalue weighted by atomic mass is 10.3. The number of alkyl halides is 1. The Balaban J connectivity index is 2.06. The summed E-state index contributed by atoms with van der Waals surface area (Å²) in [4.78, 5) is 4.45. The van der Waals surface area contributed by atoms with Gasteiger partial charge in [0.15, 0.2) is 11.5 Å². The van der Waals surface area contributed by atoms with Crippen molar-refractivity contribution >= 4 is 17.2 Å². The van der Waals surface area contributed by atoms with Gasteiger partial charge in [-0.1, -0.05) is 18.2 Å². The first-order valence-corrected chi connectivity index (χ1v) is 6.69. The average molecular weight is 289 g/mol. The van der Waals surface area contributed by atoms with Gasteiger partial charge < -0.3 is 9.47 Å². The van der Waals surface area contributed by atoms with Crippen LogP contribution in [-0.2, 0) is 5.88 Å². The van der Waals surface area contributed by atoms with E-state index in [4.69, 9.17) is 21.1 Å². The number of aromatic nitrogens is 2. The molecule has 0 atom stereocenters. The summed E-state index contributed by atoms with van der Waals surface area (Å²) in [6.07, 6.45) is 1.91. The van der Waals surface area contributed by atoms with Crippen molar-refractivity contribution in [2.45, 2.75) is 5.88 Å². The van der Waals surface area contributed by atoms with Crippen LogP contribution in [0.1, 0.15) is 5.69 Å². The minimum atomic E-state index is 0.315. The van der Waals surface area contributed by atoms with Crippen LogP contribution < -0.4 is 9.47 Å². The number of imidazole rings is 1. The lowest BCUT2D eigenvalue weighted by molar-refractivity contribution is 0.374. The molecule has 0 saturated heterocycles. The van der Waals surface area contributed by atoms with Crippen LogP contribution in [0.2, 0.25) is 0 Å². The summed E-state index contributed by atoms with van der Waals surface area (Å²) in [6, 6.07) is 13.2. The van der Waals surface area contributed by atoms with E-state index in [9.17, 15) is 0 Å². The van der Waals surface area contributed by atoms with E-state index in [0.717, 1.165) is 11.3 Å². The summed E-state index contributed by atoms with van der Waals surface area (Å²) in [5, 5.41) is 0. The molecule has 3 aromatic rings. The van der Waals surface area contributed by atoms with Crippen molar-refractivity contribution in [1.82, 2.24) is 9.38 Å². The third kappa shape index (κ3) is 2.18. The maximum atomic E-state index is 6.02. The molecule has 0 aliphatic heterocycles. The van der Waals surface area contributed by atoms with Crippen molar-refractivity contribution in [3.8, 4) is 17.4 Å². The van der Waals surface area contributed by atoms with E-state index in [2.05, 4.69) is 4.98 Å². The van der Waals surface area contributed by atoms with Crippen LogP contribution in [0.15, 0.2) is 48.7 Å². The van der Waals surface area contributed by atoms with Crippen LogP contribution in [-0.4, -0.2) is 16.5 Å². The van der Waals surface area contributed by atoms with Gasteiger partial charge in [-0.05, 0) is 24.3 Å². The molecule has 0 fully saturated rings. The quantitative estimate of drug-likeness (QED) is 0.684. The molecule has 0 radical (unpaired) electrons. The van der Waals surface area contributed by atoms with E-state index >= 15 is 0 Å². The van der Waals surface area contributed by atoms with Gasteiger partial charge in [0.2, 0.25) is 5.88 Å². The number of methoxy groups -OCH3 is 1. The molecule has 2 aromatic heterocycles. The van der Waals surface area contributed by atoms with E-state index in [-0.39, 0.29) is 0 Å². The normalized spacial score (nSPS) is 10.7. The van der Waals surface area contributed by atoms with Crippen LogP contribution in [0, 0.1) is 0 Å². The third-order valence-corrected chi connectivity index (χ3v) is 3.25. The first-order valence-electron chi connectivity index (χ1n) is 6.16. The largest absolute Gasteiger partial charge is 0.493 e. The molecule has 0 bridgehead atoms. The van der Waals surface area contributed by atoms with Crippen molar-refractivity contribution < 1.29 is 9.47 Å². The fourth-order valence-electron chi connectivity index (χ4n) is 2.04. The molecule has 0 aliphatic rings. The number of pyridine rings is 1. The zero-order chi connectivity index (χ0) is 13.9. The van der Waals surface area contributed by atoms with Gasteiger partial charge in [-0.15, -0.1) is 11.6 Å². The smallest absolute Gasteiger partial charge is 0.242 e. The number of ether oxygens (including phenoxy) is 2. The molecule has 0 unspecified atom stereocenters. The standard InChI is InChI=1S/C15H13ClN2O2/c1-19-12-6-2-3-7-13(12)20-15-11(10-16)18-9-5-4-8-14(18)17-15/h2-9H,10H2,1H3. The Labute approximate surface area is 121 Å². The Hall–Kier alpha value is -2.20. The highest BCUT2D eigenvalue weighted by Gasteiger charge is 2.14. The highest BCUT2D eigenvalue weighted by Crippen LogP contribution is 2.33. The number of rotatable bonds is 4. The first-order chi connectivity index (χ1) is 9.83. The van der Waals surface area contributed by atoms with Gasteiger partial charge in [0.1, 0.15) is 11.3 Å². The molecule has 0 spiro atoms. The predicted octanol–water partition coefficient (Wildman–Crippen LogP) is 3.87. The first kappa shape index (κ1) is 12.8. The van der Waals surface area contributed by atoms with Gasteiger partial charge >= 0.3 is 0 Å². The molecule has 0 saturated carbocycles. The SMILES string of the molecule is COc1ccccc1Oc1nc2ccccn2c1CCl. The number of benzene rings is 1. The molecular formula is C15H13ClN2O2. The molecule has 20 heavy (non-hydrogen) atoms. The van der Waals surface area contributed by atoms with Crippen molar-refractivity contribution in [1.29, 1.82) is 0 Å². The van der Waals surface area contributed by atoms with Crippen LogP contribution in [0.4, 0.5) is 0 Å². The van der Waals surface area contributed by atoms with Gasteiger partial charge in [0.25, 0.3) is 0 Å². The van der Waals surface area contributed by atoms with E-state index in [1.807, 2.05) is 53.1 Å². The van der Waals surface area contributed by atoms with Crippen molar-refractivity contribution in [2.24, 2.45) is 0 Å². The summed E-state index contributed by atoms with van der Waals surface area (Å²) < 4.78 is 13.1. The van der Waals surface area contributed by atoms with Gasteiger partial charge in [0.05, 0.1) is 13.0 Å². The molecule has 0 N–H and O–H groups in total. The molecule has 2 heterocycles. The molecule has 1 aromatic carbocycles. The van der Waals surface area contributed by atoms with Crippen LogP contribution in [0.5, 0.6) is 17.4 Å². The second-order valence-electron chi connectivity index (χ2n) is 4.18. The van der Waals surface area contributed by atoms with Crippen LogP contribution in [0.25, 0.3) is 5.65 Å². The number of fused-ring (bicyclic) bond motifs is 1. The second-order valence-corrected chi connectivity index (χ2v) is 4.45. The Morgan fingerprint density at radius 1 is 1.10 bits per heavy atom. The van der Waals surface area contributed by atoms with Gasteiger partial charge in [-0.2, -0.15) is 4.98 Å². The molecule has 3 rings (SSSR count). The lowest BCUT2D eigenvalue weighted by Gasteiger charge is -2.08. The topological polar surface area (TPSA) is 35.8 Å². The summed E-state index contributed by atoms with van der Waals surface area (Å²) in [5.41, 5.74) is 1.61. The van der Waals surface area contributed by atoms with E-state index in [1.54, 1.807) is 7.11 Å². The minimum absolute atomic E-state index is 0.315. The zero-order valence-corrected chi connectivity index (χ0v) is 11.7. The molecule has 4 nitrogen and oxygen atoms in total. The lowest BCUT2D eigenvalue weighted by Crippen LogP contribution is -1.93. The molecule has 0 amide bonds. The molecular weight excluding hydrogens is 276 g/mol. The average Bonchev–Trinajstić information content (AvgIpc) is 2.85. The number of hydrogen-bond donors (Lipinski definition) is 0. The highest BCUT2D eigenvalue weighted by molar-refractivity contribution is 6.17. The zero-order valence-electron chi connectivity index (χ0n) is 10.9. The van der Waals surface area contributed by atoms with Gasteiger partial charge in [0, 0.05) is 6.20 Å². The summed E-state index contributed by atoms with van der Waals surface area (Å²) in [6.45, 7) is 0. The van der Waals surface area contributed by atoms with Crippen molar-refractivity contribution in [2.75, 3.05) is 7.11 Å². The van der Waals surface area contributed by atoms with E-state index in [1.165, 1.54) is 0 Å².